The molecule has 2 aromatic rings. The van der Waals surface area contributed by atoms with Gasteiger partial charge in [-0.15, -0.1) is 0 Å². The van der Waals surface area contributed by atoms with E-state index in [2.05, 4.69) is 12.1 Å². The standard InChI is InChI=1S/C27H38FNO3/c1-3-4-5-6-7-8-9-10-11-12-13-14-25(29-31)23-19-21(15-17-26(23)30)22-16-18-27(32-2)24(28)20-22/h15-20,30-31H,3-14H2,1-2H3/b29-25+. The Kier molecular flexibility index (Phi) is 11.6. The largest absolute Gasteiger partial charge is 0.507 e. The lowest BCUT2D eigenvalue weighted by Crippen LogP contribution is -2.02. The Balaban J connectivity index is 1.84. The molecule has 0 aliphatic carbocycles. The van der Waals surface area contributed by atoms with E-state index >= 15 is 0 Å². The minimum atomic E-state index is -0.448. The molecule has 0 spiro atoms. The van der Waals surface area contributed by atoms with E-state index < -0.39 is 5.82 Å². The number of phenols is 1. The molecule has 0 heterocycles. The highest BCUT2D eigenvalue weighted by atomic mass is 19.1. The van der Waals surface area contributed by atoms with Gasteiger partial charge in [0.05, 0.1) is 12.8 Å². The van der Waals surface area contributed by atoms with Gasteiger partial charge in [0.15, 0.2) is 11.6 Å². The van der Waals surface area contributed by atoms with Crippen LogP contribution in [0.1, 0.15) is 89.5 Å². The number of ether oxygens (including phenoxy) is 1. The number of hydrogen-bond donors (Lipinski definition) is 2. The first-order valence-electron chi connectivity index (χ1n) is 12.0. The molecular formula is C27H38FNO3. The van der Waals surface area contributed by atoms with Gasteiger partial charge in [-0.25, -0.2) is 4.39 Å². The maximum Gasteiger partial charge on any atom is 0.165 e. The van der Waals surface area contributed by atoms with Crippen LogP contribution in [0.4, 0.5) is 4.39 Å². The Hall–Kier alpha value is -2.56. The van der Waals surface area contributed by atoms with Crippen LogP contribution in [0, 0.1) is 5.82 Å². The molecule has 0 aromatic heterocycles. The van der Waals surface area contributed by atoms with E-state index in [1.807, 2.05) is 0 Å². The van der Waals surface area contributed by atoms with E-state index in [9.17, 15) is 14.7 Å². The van der Waals surface area contributed by atoms with Gasteiger partial charge in [-0.1, -0.05) is 88.4 Å². The average molecular weight is 444 g/mol. The molecule has 0 bridgehead atoms. The fraction of sp³-hybridized carbons (Fsp3) is 0.519. The van der Waals surface area contributed by atoms with E-state index in [1.165, 1.54) is 71.0 Å². The number of aromatic hydroxyl groups is 1. The first-order valence-corrected chi connectivity index (χ1v) is 12.0. The van der Waals surface area contributed by atoms with Gasteiger partial charge < -0.3 is 15.1 Å². The van der Waals surface area contributed by atoms with Gasteiger partial charge in [-0.2, -0.15) is 0 Å². The molecule has 0 amide bonds. The molecule has 0 fully saturated rings. The summed E-state index contributed by atoms with van der Waals surface area (Å²) in [5.41, 5.74) is 2.33. The van der Waals surface area contributed by atoms with Crippen molar-refractivity contribution < 1.29 is 19.4 Å². The van der Waals surface area contributed by atoms with Gasteiger partial charge >= 0.3 is 0 Å². The van der Waals surface area contributed by atoms with Crippen LogP contribution in [0.3, 0.4) is 0 Å². The van der Waals surface area contributed by atoms with Crippen LogP contribution in [-0.4, -0.2) is 23.1 Å². The molecule has 32 heavy (non-hydrogen) atoms. The number of nitrogens with zero attached hydrogens (tertiary/aromatic N) is 1. The monoisotopic (exact) mass is 443 g/mol. The van der Waals surface area contributed by atoms with Crippen molar-refractivity contribution in [2.75, 3.05) is 7.11 Å². The number of phenolic OH excluding ortho intramolecular Hbond substituents is 1. The second-order valence-electron chi connectivity index (χ2n) is 8.41. The molecule has 2 aromatic carbocycles. The number of unbranched alkanes of at least 4 members (excludes halogenated alkanes) is 10. The smallest absolute Gasteiger partial charge is 0.165 e. The maximum absolute atomic E-state index is 14.1. The predicted octanol–water partition coefficient (Wildman–Crippen LogP) is 8.09. The van der Waals surface area contributed by atoms with E-state index in [4.69, 9.17) is 4.74 Å². The van der Waals surface area contributed by atoms with Crippen LogP contribution < -0.4 is 4.74 Å². The van der Waals surface area contributed by atoms with Crippen molar-refractivity contribution in [3.8, 4) is 22.6 Å². The zero-order valence-corrected chi connectivity index (χ0v) is 19.6. The van der Waals surface area contributed by atoms with Crippen LogP contribution in [-0.2, 0) is 0 Å². The number of oxime groups is 1. The van der Waals surface area contributed by atoms with Crippen molar-refractivity contribution in [3.63, 3.8) is 0 Å². The summed E-state index contributed by atoms with van der Waals surface area (Å²) in [6, 6.07) is 9.75. The molecule has 2 N–H and O–H groups in total. The van der Waals surface area contributed by atoms with Crippen molar-refractivity contribution in [2.24, 2.45) is 5.16 Å². The van der Waals surface area contributed by atoms with Crippen LogP contribution >= 0.6 is 0 Å². The minimum Gasteiger partial charge on any atom is -0.507 e. The van der Waals surface area contributed by atoms with Gasteiger partial charge in [0.25, 0.3) is 0 Å². The summed E-state index contributed by atoms with van der Waals surface area (Å²) >= 11 is 0. The van der Waals surface area contributed by atoms with E-state index in [-0.39, 0.29) is 11.5 Å². The van der Waals surface area contributed by atoms with Crippen LogP contribution in [0.2, 0.25) is 0 Å². The second kappa shape index (κ2) is 14.5. The lowest BCUT2D eigenvalue weighted by molar-refractivity contribution is 0.317. The summed E-state index contributed by atoms with van der Waals surface area (Å²) < 4.78 is 19.1. The minimum absolute atomic E-state index is 0.0543. The Morgan fingerprint density at radius 3 is 1.97 bits per heavy atom. The molecular weight excluding hydrogens is 405 g/mol. The van der Waals surface area contributed by atoms with Gasteiger partial charge in [-0.3, -0.25) is 0 Å². The summed E-state index contributed by atoms with van der Waals surface area (Å²) in [5, 5.41) is 23.3. The quantitative estimate of drug-likeness (QED) is 0.127. The summed E-state index contributed by atoms with van der Waals surface area (Å²) in [6.07, 6.45) is 14.3. The molecule has 4 nitrogen and oxygen atoms in total. The molecule has 0 aliphatic rings. The van der Waals surface area contributed by atoms with Crippen molar-refractivity contribution in [2.45, 2.75) is 84.0 Å². The van der Waals surface area contributed by atoms with Gasteiger partial charge in [0, 0.05) is 5.56 Å². The summed E-state index contributed by atoms with van der Waals surface area (Å²) in [5.74, 6) is -0.211. The number of methoxy groups -OCH3 is 1. The number of rotatable bonds is 15. The Morgan fingerprint density at radius 2 is 1.41 bits per heavy atom. The summed E-state index contributed by atoms with van der Waals surface area (Å²) in [4.78, 5) is 0. The lowest BCUT2D eigenvalue weighted by atomic mass is 9.97. The van der Waals surface area contributed by atoms with Gasteiger partial charge in [0.1, 0.15) is 5.75 Å². The Morgan fingerprint density at radius 1 is 0.844 bits per heavy atom. The normalized spacial score (nSPS) is 11.7. The SMILES string of the molecule is CCCCCCCCCCCCC/C(=N\O)c1cc(-c2ccc(OC)c(F)c2)ccc1O. The van der Waals surface area contributed by atoms with Crippen molar-refractivity contribution in [3.05, 3.63) is 47.8 Å². The maximum atomic E-state index is 14.1. The average Bonchev–Trinajstić information content (AvgIpc) is 2.80. The lowest BCUT2D eigenvalue weighted by Gasteiger charge is -2.11. The molecule has 0 saturated carbocycles. The third kappa shape index (κ3) is 8.18. The van der Waals surface area contributed by atoms with E-state index in [0.29, 0.717) is 23.3 Å². The molecule has 2 rings (SSSR count). The number of hydrogen-bond acceptors (Lipinski definition) is 4. The highest BCUT2D eigenvalue weighted by Crippen LogP contribution is 2.30. The summed E-state index contributed by atoms with van der Waals surface area (Å²) in [6.45, 7) is 2.24. The number of benzene rings is 2. The molecule has 0 unspecified atom stereocenters. The Bertz CT molecular complexity index is 851. The Labute approximate surface area is 192 Å². The molecule has 0 radical (unpaired) electrons. The zero-order valence-electron chi connectivity index (χ0n) is 19.6. The highest BCUT2D eigenvalue weighted by Gasteiger charge is 2.13. The predicted molar refractivity (Wildman–Crippen MR) is 129 cm³/mol. The van der Waals surface area contributed by atoms with Crippen LogP contribution in [0.5, 0.6) is 11.5 Å². The van der Waals surface area contributed by atoms with Gasteiger partial charge in [0.2, 0.25) is 0 Å². The van der Waals surface area contributed by atoms with Crippen LogP contribution in [0.15, 0.2) is 41.6 Å². The van der Waals surface area contributed by atoms with Crippen molar-refractivity contribution in [1.82, 2.24) is 0 Å². The van der Waals surface area contributed by atoms with Crippen LogP contribution in [0.25, 0.3) is 11.1 Å². The highest BCUT2D eigenvalue weighted by molar-refractivity contribution is 6.03. The molecule has 176 valence electrons. The van der Waals surface area contributed by atoms with Crippen molar-refractivity contribution >= 4 is 5.71 Å². The third-order valence-electron chi connectivity index (χ3n) is 5.93. The summed E-state index contributed by atoms with van der Waals surface area (Å²) in [7, 11) is 1.43. The third-order valence-corrected chi connectivity index (χ3v) is 5.93. The fourth-order valence-electron chi connectivity index (χ4n) is 3.99. The molecule has 0 atom stereocenters. The topological polar surface area (TPSA) is 62.1 Å². The second-order valence-corrected chi connectivity index (χ2v) is 8.41. The fourth-order valence-corrected chi connectivity index (χ4v) is 3.99. The molecule has 0 saturated heterocycles. The first-order chi connectivity index (χ1) is 15.6. The number of halogens is 1. The van der Waals surface area contributed by atoms with Gasteiger partial charge in [-0.05, 0) is 48.2 Å². The van der Waals surface area contributed by atoms with E-state index in [0.717, 1.165) is 18.4 Å². The first kappa shape index (κ1) is 25.7. The zero-order chi connectivity index (χ0) is 23.2. The van der Waals surface area contributed by atoms with Crippen molar-refractivity contribution in [1.29, 1.82) is 0 Å². The molecule has 5 heteroatoms. The van der Waals surface area contributed by atoms with E-state index in [1.54, 1.807) is 30.3 Å². The molecule has 0 aliphatic heterocycles.